The number of carbonyl (C=O) groups excluding carboxylic acids is 6. The summed E-state index contributed by atoms with van der Waals surface area (Å²) in [6, 6.07) is -8.84. The molecule has 9 atom stereocenters. The third-order valence-electron chi connectivity index (χ3n) is 7.45. The normalized spacial score (nSPS) is 31.1. The topological polar surface area (TPSA) is 380 Å². The third-order valence-corrected chi connectivity index (χ3v) is 7.45. The van der Waals surface area contributed by atoms with Gasteiger partial charge in [0.2, 0.25) is 17.7 Å². The van der Waals surface area contributed by atoms with Crippen molar-refractivity contribution in [3.8, 4) is 0 Å². The van der Waals surface area contributed by atoms with Crippen LogP contribution in [0.25, 0.3) is 0 Å². The molecule has 0 spiro atoms. The van der Waals surface area contributed by atoms with E-state index in [1.165, 1.54) is 5.06 Å². The van der Waals surface area contributed by atoms with Crippen molar-refractivity contribution in [1.82, 2.24) is 37.0 Å². The predicted molar refractivity (Wildman–Crippen MR) is 164 cm³/mol. The first-order chi connectivity index (χ1) is 22.8. The first-order valence-electron chi connectivity index (χ1n) is 15.0. The van der Waals surface area contributed by atoms with Crippen LogP contribution < -0.4 is 54.8 Å². The van der Waals surface area contributed by atoms with Crippen molar-refractivity contribution in [3.63, 3.8) is 0 Å². The van der Waals surface area contributed by atoms with Crippen LogP contribution in [0.1, 0.15) is 25.7 Å². The quantitative estimate of drug-likeness (QED) is 0.0898. The Hall–Kier alpha value is -4.52. The molecule has 23 nitrogen and oxygen atoms in total. The number of aliphatic hydroxyl groups is 3. The van der Waals surface area contributed by atoms with Gasteiger partial charge in [-0.15, -0.1) is 5.06 Å². The molecule has 17 N–H and O–H groups in total. The number of hydrogen-bond donors (Lipinski definition) is 13. The number of nitrogens with zero attached hydrogens (tertiary/aromatic N) is 3. The molecule has 1 fully saturated rings. The maximum Gasteiger partial charge on any atom is 0.312 e. The zero-order valence-corrected chi connectivity index (χ0v) is 25.8. The first kappa shape index (κ1) is 37.9. The third kappa shape index (κ3) is 10.8. The number of nitrogens with one attached hydrogen (secondary N) is 6. The van der Waals surface area contributed by atoms with E-state index in [2.05, 4.69) is 41.9 Å². The summed E-state index contributed by atoms with van der Waals surface area (Å²) < 4.78 is 0. The van der Waals surface area contributed by atoms with Crippen molar-refractivity contribution in [2.45, 2.75) is 74.4 Å². The first-order valence-corrected chi connectivity index (χ1v) is 15.0. The number of aliphatic hydroxyl groups excluding tert-OH is 3. The molecule has 3 heterocycles. The molecule has 3 aliphatic rings. The van der Waals surface area contributed by atoms with Crippen molar-refractivity contribution in [2.75, 3.05) is 32.8 Å². The average Bonchev–Trinajstić information content (AvgIpc) is 3.78. The second-order valence-corrected chi connectivity index (χ2v) is 11.1. The van der Waals surface area contributed by atoms with Gasteiger partial charge in [0.15, 0.2) is 18.4 Å². The van der Waals surface area contributed by atoms with Gasteiger partial charge in [-0.25, -0.2) is 14.8 Å². The molecule has 268 valence electrons. The van der Waals surface area contributed by atoms with Crippen LogP contribution in [0.4, 0.5) is 4.79 Å². The lowest BCUT2D eigenvalue weighted by Gasteiger charge is -2.32. The number of hydrogen-bond acceptors (Lipinski definition) is 16. The van der Waals surface area contributed by atoms with Crippen LogP contribution >= 0.6 is 0 Å². The van der Waals surface area contributed by atoms with E-state index in [-0.39, 0.29) is 24.8 Å². The molecule has 1 saturated heterocycles. The lowest BCUT2D eigenvalue weighted by Crippen LogP contribution is -2.64. The second-order valence-electron chi connectivity index (χ2n) is 11.1. The minimum atomic E-state index is -1.77. The Kier molecular flexibility index (Phi) is 13.9. The van der Waals surface area contributed by atoms with E-state index >= 15 is 0 Å². The van der Waals surface area contributed by atoms with Gasteiger partial charge >= 0.3 is 6.03 Å². The molecule has 3 aliphatic heterocycles. The maximum absolute atomic E-state index is 13.7. The van der Waals surface area contributed by atoms with E-state index in [1.807, 2.05) is 0 Å². The number of aliphatic imine (C=N–C) groups is 2. The van der Waals surface area contributed by atoms with Crippen LogP contribution in [0.2, 0.25) is 0 Å². The van der Waals surface area contributed by atoms with Gasteiger partial charge in [-0.2, -0.15) is 0 Å². The Bertz CT molecular complexity index is 1280. The fourth-order valence-electron chi connectivity index (χ4n) is 4.89. The standard InChI is InChI=1S/C25H43N13O10/c26-3-1-2-10(27)4-17-38(48-17)15-7-30-23(46)18(11-5-16(41)36-24(28)35-11)37-19(42)12(6-31-25(29)47)32-20(43)13(8-39)33-21(44)14(9-40)34-22(15)45/h10-11,13-18,39-41H,1-9,26-27H2,(H,30,46)(H,33,44)(H,34,45)(H,37,42)(H3,28,35,36)(H3,29,31,47)/t10-,11+,13-,14-,15-,16-,17-,18-,38?/m0/s1. The van der Waals surface area contributed by atoms with Crippen LogP contribution in [0, 0.1) is 0 Å². The largest absolute Gasteiger partial charge is 0.394 e. The van der Waals surface area contributed by atoms with E-state index in [4.69, 9.17) is 27.8 Å². The molecule has 0 bridgehead atoms. The van der Waals surface area contributed by atoms with Crippen molar-refractivity contribution in [1.29, 1.82) is 0 Å². The molecular weight excluding hydrogens is 642 g/mol. The van der Waals surface area contributed by atoms with Crippen molar-refractivity contribution in [3.05, 3.63) is 0 Å². The highest BCUT2D eigenvalue weighted by molar-refractivity contribution is 6.42. The lowest BCUT2D eigenvalue weighted by atomic mass is 10.0. The van der Waals surface area contributed by atoms with E-state index in [9.17, 15) is 44.1 Å². The van der Waals surface area contributed by atoms with Crippen molar-refractivity contribution in [2.24, 2.45) is 32.9 Å². The summed E-state index contributed by atoms with van der Waals surface area (Å²) in [7, 11) is 0. The minimum Gasteiger partial charge on any atom is -0.394 e. The molecule has 0 aromatic rings. The SMILES string of the molecule is NCCC[C@H](N)C[C@@H]1ON1[C@H]1CNC(=O)[C@H]([C@H]2C[C@H](O)N=C(N)N2)NC(=O)C(CNC(N)=O)=NC(=O)[C@H](CO)NC(=O)[C@H](CO)NC1=O. The summed E-state index contributed by atoms with van der Waals surface area (Å²) >= 11 is 0. The zero-order chi connectivity index (χ0) is 35.5. The Balaban J connectivity index is 1.99. The summed E-state index contributed by atoms with van der Waals surface area (Å²) in [5, 5.41) is 45.3. The van der Waals surface area contributed by atoms with Crippen LogP contribution in [-0.4, -0.2) is 149 Å². The predicted octanol–water partition coefficient (Wildman–Crippen LogP) is -8.42. The van der Waals surface area contributed by atoms with Gasteiger partial charge in [0.05, 0.1) is 25.8 Å². The summed E-state index contributed by atoms with van der Waals surface area (Å²) in [5.41, 5.74) is 21.9. The fraction of sp³-hybridized carbons (Fsp3) is 0.680. The Morgan fingerprint density at radius 1 is 1.04 bits per heavy atom. The monoisotopic (exact) mass is 685 g/mol. The van der Waals surface area contributed by atoms with Gasteiger partial charge in [-0.05, 0) is 19.4 Å². The summed E-state index contributed by atoms with van der Waals surface area (Å²) in [6.07, 6.45) is -0.760. The van der Waals surface area contributed by atoms with Gasteiger partial charge < -0.3 is 70.2 Å². The highest BCUT2D eigenvalue weighted by Gasteiger charge is 2.47. The minimum absolute atomic E-state index is 0.233. The number of rotatable bonds is 11. The highest BCUT2D eigenvalue weighted by atomic mass is 16.8. The Labute approximate surface area is 273 Å². The Morgan fingerprint density at radius 2 is 1.73 bits per heavy atom. The highest BCUT2D eigenvalue weighted by Crippen LogP contribution is 2.28. The second kappa shape index (κ2) is 17.6. The van der Waals surface area contributed by atoms with Crippen LogP contribution in [0.3, 0.4) is 0 Å². The number of carbonyl (C=O) groups is 6. The molecule has 0 aromatic carbocycles. The molecule has 1 unspecified atom stereocenters. The molecule has 3 rings (SSSR count). The van der Waals surface area contributed by atoms with Gasteiger partial charge in [-0.1, -0.05) is 0 Å². The molecule has 7 amide bonds. The number of urea groups is 1. The van der Waals surface area contributed by atoms with Crippen molar-refractivity contribution < 1.29 is 48.9 Å². The summed E-state index contributed by atoms with van der Waals surface area (Å²) in [6.45, 7) is -2.74. The van der Waals surface area contributed by atoms with Gasteiger partial charge in [0.25, 0.3) is 11.8 Å². The number of hydroxylamine groups is 2. The van der Waals surface area contributed by atoms with E-state index in [1.54, 1.807) is 0 Å². The van der Waals surface area contributed by atoms with E-state index < -0.39 is 110 Å². The smallest absolute Gasteiger partial charge is 0.312 e. The van der Waals surface area contributed by atoms with Crippen LogP contribution in [-0.2, 0) is 28.8 Å². The van der Waals surface area contributed by atoms with Crippen LogP contribution in [0.5, 0.6) is 0 Å². The van der Waals surface area contributed by atoms with E-state index in [0.717, 1.165) is 0 Å². The lowest BCUT2D eigenvalue weighted by molar-refractivity contribution is -0.135. The molecule has 0 aromatic heterocycles. The summed E-state index contributed by atoms with van der Waals surface area (Å²) in [4.78, 5) is 90.8. The van der Waals surface area contributed by atoms with Crippen molar-refractivity contribution >= 4 is 47.2 Å². The van der Waals surface area contributed by atoms with Gasteiger partial charge in [-0.3, -0.25) is 28.8 Å². The fourth-order valence-corrected chi connectivity index (χ4v) is 4.89. The van der Waals surface area contributed by atoms with Gasteiger partial charge in [0.1, 0.15) is 29.9 Å². The molecule has 48 heavy (non-hydrogen) atoms. The molecule has 0 radical (unpaired) electrons. The Morgan fingerprint density at radius 3 is 2.35 bits per heavy atom. The number of primary amides is 1. The van der Waals surface area contributed by atoms with Gasteiger partial charge in [0, 0.05) is 25.4 Å². The summed E-state index contributed by atoms with van der Waals surface area (Å²) in [5.74, 6) is -5.60. The molecule has 0 saturated carbocycles. The van der Waals surface area contributed by atoms with Crippen LogP contribution in [0.15, 0.2) is 9.98 Å². The number of amides is 7. The zero-order valence-electron chi connectivity index (χ0n) is 25.8. The number of nitrogens with two attached hydrogens (primary N) is 4. The average molecular weight is 686 g/mol. The molecule has 0 aliphatic carbocycles. The molecule has 23 heteroatoms. The molecular formula is C25H43N13O10. The van der Waals surface area contributed by atoms with E-state index in [0.29, 0.717) is 19.4 Å². The number of guanidine groups is 1. The maximum atomic E-state index is 13.7.